The summed E-state index contributed by atoms with van der Waals surface area (Å²) < 4.78 is 0. The van der Waals surface area contributed by atoms with Gasteiger partial charge in [0.15, 0.2) is 0 Å². The molecule has 74 valence electrons. The Balaban J connectivity index is 2.41. The van der Waals surface area contributed by atoms with Gasteiger partial charge in [-0.1, -0.05) is 13.0 Å². The summed E-state index contributed by atoms with van der Waals surface area (Å²) in [4.78, 5) is 17.5. The Morgan fingerprint density at radius 1 is 1.43 bits per heavy atom. The maximum absolute atomic E-state index is 11.6. The number of amides is 1. The second-order valence-corrected chi connectivity index (χ2v) is 4.10. The number of hydrogen-bond acceptors (Lipinski definition) is 2. The lowest BCUT2D eigenvalue weighted by Crippen LogP contribution is -2.43. The highest BCUT2D eigenvalue weighted by molar-refractivity contribution is 6.11. The van der Waals surface area contributed by atoms with Gasteiger partial charge in [-0.3, -0.25) is 4.79 Å². The average molecular weight is 190 g/mol. The number of hydrogen-bond donors (Lipinski definition) is 0. The third kappa shape index (κ3) is 1.12. The lowest BCUT2D eigenvalue weighted by Gasteiger charge is -2.30. The number of allylic oxidation sites excluding steroid dienone is 2. The van der Waals surface area contributed by atoms with Crippen molar-refractivity contribution in [1.29, 1.82) is 0 Å². The van der Waals surface area contributed by atoms with Gasteiger partial charge < -0.3 is 4.90 Å². The molecule has 0 N–H and O–H groups in total. The summed E-state index contributed by atoms with van der Waals surface area (Å²) in [6.45, 7) is 5.90. The van der Waals surface area contributed by atoms with E-state index in [0.717, 1.165) is 12.3 Å². The fraction of sp³-hybridized carbons (Fsp3) is 0.455. The third-order valence-corrected chi connectivity index (χ3v) is 2.74. The highest BCUT2D eigenvalue weighted by Crippen LogP contribution is 2.28. The lowest BCUT2D eigenvalue weighted by atomic mass is 10.0. The molecule has 0 fully saturated rings. The number of aliphatic imine (C=N–C) groups is 1. The van der Waals surface area contributed by atoms with Gasteiger partial charge in [-0.2, -0.15) is 4.99 Å². The molecule has 0 saturated carbocycles. The van der Waals surface area contributed by atoms with Gasteiger partial charge in [-0.25, -0.2) is 0 Å². The monoisotopic (exact) mass is 190 g/mol. The Kier molecular flexibility index (Phi) is 1.84. The molecule has 2 aliphatic rings. The van der Waals surface area contributed by atoms with Crippen LogP contribution in [-0.2, 0) is 4.79 Å². The molecule has 0 unspecified atom stereocenters. The zero-order valence-corrected chi connectivity index (χ0v) is 8.74. The predicted molar refractivity (Wildman–Crippen MR) is 55.9 cm³/mol. The van der Waals surface area contributed by atoms with Crippen LogP contribution in [0.1, 0.15) is 27.2 Å². The first-order valence-electron chi connectivity index (χ1n) is 4.87. The minimum Gasteiger partial charge on any atom is -0.318 e. The first kappa shape index (κ1) is 9.19. The number of carbonyl (C=O) groups is 1. The number of rotatable bonds is 1. The normalized spacial score (nSPS) is 23.4. The van der Waals surface area contributed by atoms with E-state index in [9.17, 15) is 4.79 Å². The number of fused-ring (bicyclic) bond motifs is 1. The van der Waals surface area contributed by atoms with Crippen molar-refractivity contribution in [3.63, 3.8) is 0 Å². The van der Waals surface area contributed by atoms with Crippen LogP contribution in [0.25, 0.3) is 0 Å². The molecular weight excluding hydrogens is 176 g/mol. The number of nitrogens with zero attached hydrogens (tertiary/aromatic N) is 2. The molecule has 0 saturated heterocycles. The van der Waals surface area contributed by atoms with Crippen molar-refractivity contribution in [2.75, 3.05) is 0 Å². The minimum absolute atomic E-state index is 0.0641. The van der Waals surface area contributed by atoms with Crippen molar-refractivity contribution in [1.82, 2.24) is 4.90 Å². The highest BCUT2D eigenvalue weighted by atomic mass is 16.2. The van der Waals surface area contributed by atoms with Gasteiger partial charge in [0.2, 0.25) is 0 Å². The van der Waals surface area contributed by atoms with Crippen molar-refractivity contribution in [2.45, 2.75) is 32.7 Å². The average Bonchev–Trinajstić information content (AvgIpc) is 2.38. The summed E-state index contributed by atoms with van der Waals surface area (Å²) in [6.07, 6.45) is 6.92. The molecular formula is C11H14N2O. The van der Waals surface area contributed by atoms with E-state index < -0.39 is 5.54 Å². The molecule has 0 aromatic heterocycles. The molecule has 0 spiro atoms. The molecule has 0 aromatic carbocycles. The summed E-state index contributed by atoms with van der Waals surface area (Å²) in [5.74, 6) is 0.697. The molecule has 0 bridgehead atoms. The quantitative estimate of drug-likeness (QED) is 0.632. The Morgan fingerprint density at radius 2 is 2.14 bits per heavy atom. The van der Waals surface area contributed by atoms with E-state index in [1.807, 2.05) is 37.1 Å². The summed E-state index contributed by atoms with van der Waals surface area (Å²) in [7, 11) is 0. The molecule has 14 heavy (non-hydrogen) atoms. The third-order valence-electron chi connectivity index (χ3n) is 2.74. The molecule has 2 rings (SSSR count). The fourth-order valence-corrected chi connectivity index (χ4v) is 1.63. The second kappa shape index (κ2) is 2.80. The van der Waals surface area contributed by atoms with Crippen LogP contribution in [0.3, 0.4) is 0 Å². The zero-order valence-electron chi connectivity index (χ0n) is 8.74. The van der Waals surface area contributed by atoms with Crippen LogP contribution < -0.4 is 0 Å². The van der Waals surface area contributed by atoms with E-state index in [1.165, 1.54) is 5.57 Å². The van der Waals surface area contributed by atoms with Crippen LogP contribution in [0.4, 0.5) is 0 Å². The Hall–Kier alpha value is -1.38. The molecule has 1 amide bonds. The van der Waals surface area contributed by atoms with Gasteiger partial charge in [-0.05, 0) is 31.9 Å². The van der Waals surface area contributed by atoms with Crippen molar-refractivity contribution < 1.29 is 4.79 Å². The van der Waals surface area contributed by atoms with E-state index in [-0.39, 0.29) is 5.91 Å². The molecule has 3 heteroatoms. The Labute approximate surface area is 83.8 Å². The zero-order chi connectivity index (χ0) is 10.3. The molecule has 0 radical (unpaired) electrons. The Morgan fingerprint density at radius 3 is 2.79 bits per heavy atom. The smallest absolute Gasteiger partial charge is 0.273 e. The van der Waals surface area contributed by atoms with Crippen molar-refractivity contribution in [3.8, 4) is 0 Å². The summed E-state index contributed by atoms with van der Waals surface area (Å²) >= 11 is 0. The van der Waals surface area contributed by atoms with Crippen molar-refractivity contribution in [2.24, 2.45) is 4.99 Å². The topological polar surface area (TPSA) is 32.7 Å². The van der Waals surface area contributed by atoms with Gasteiger partial charge in [-0.15, -0.1) is 0 Å². The Bertz CT molecular complexity index is 375. The van der Waals surface area contributed by atoms with Gasteiger partial charge >= 0.3 is 0 Å². The maximum Gasteiger partial charge on any atom is 0.273 e. The van der Waals surface area contributed by atoms with Crippen molar-refractivity contribution in [3.05, 3.63) is 23.9 Å². The van der Waals surface area contributed by atoms with E-state index >= 15 is 0 Å². The number of carbonyl (C=O) groups excluding carboxylic acids is 1. The van der Waals surface area contributed by atoms with E-state index in [4.69, 9.17) is 0 Å². The van der Waals surface area contributed by atoms with Gasteiger partial charge in [0.1, 0.15) is 11.4 Å². The van der Waals surface area contributed by atoms with E-state index in [2.05, 4.69) is 11.9 Å². The lowest BCUT2D eigenvalue weighted by molar-refractivity contribution is -0.123. The second-order valence-electron chi connectivity index (χ2n) is 4.10. The molecule has 2 heterocycles. The molecule has 0 aromatic rings. The number of amidine groups is 1. The first-order chi connectivity index (χ1) is 6.55. The highest BCUT2D eigenvalue weighted by Gasteiger charge is 2.41. The SMILES string of the molecule is CCC1=CN2C(=NC(=O)C2(C)C)C=C1. The van der Waals surface area contributed by atoms with Gasteiger partial charge in [0, 0.05) is 6.20 Å². The molecule has 2 aliphatic heterocycles. The van der Waals surface area contributed by atoms with Gasteiger partial charge in [0.25, 0.3) is 5.91 Å². The molecule has 0 atom stereocenters. The first-order valence-corrected chi connectivity index (χ1v) is 4.87. The van der Waals surface area contributed by atoms with Crippen LogP contribution in [0.2, 0.25) is 0 Å². The van der Waals surface area contributed by atoms with Gasteiger partial charge in [0.05, 0.1) is 0 Å². The van der Waals surface area contributed by atoms with Crippen LogP contribution in [0.5, 0.6) is 0 Å². The standard InChI is InChI=1S/C11H14N2O/c1-4-8-5-6-9-12-10(14)11(2,3)13(9)7-8/h5-7H,4H2,1-3H3. The maximum atomic E-state index is 11.6. The summed E-state index contributed by atoms with van der Waals surface area (Å²) in [5.41, 5.74) is 0.715. The largest absolute Gasteiger partial charge is 0.318 e. The van der Waals surface area contributed by atoms with E-state index in [0.29, 0.717) is 0 Å². The minimum atomic E-state index is -0.513. The van der Waals surface area contributed by atoms with Crippen molar-refractivity contribution >= 4 is 11.7 Å². The molecule has 3 nitrogen and oxygen atoms in total. The fourth-order valence-electron chi connectivity index (χ4n) is 1.63. The van der Waals surface area contributed by atoms with E-state index in [1.54, 1.807) is 0 Å². The van der Waals surface area contributed by atoms with Crippen LogP contribution >= 0.6 is 0 Å². The van der Waals surface area contributed by atoms with Crippen LogP contribution in [0.15, 0.2) is 28.9 Å². The molecule has 0 aliphatic carbocycles. The van der Waals surface area contributed by atoms with Crippen LogP contribution in [0, 0.1) is 0 Å². The predicted octanol–water partition coefficient (Wildman–Crippen LogP) is 1.87. The summed E-state index contributed by atoms with van der Waals surface area (Å²) in [6, 6.07) is 0. The van der Waals surface area contributed by atoms with Crippen LogP contribution in [-0.4, -0.2) is 22.2 Å². The summed E-state index contributed by atoms with van der Waals surface area (Å²) in [5, 5.41) is 0.